The summed E-state index contributed by atoms with van der Waals surface area (Å²) in [5.74, 6) is -0.941. The zero-order valence-corrected chi connectivity index (χ0v) is 24.5. The van der Waals surface area contributed by atoms with E-state index in [2.05, 4.69) is 20.2 Å². The summed E-state index contributed by atoms with van der Waals surface area (Å²) in [6.45, 7) is 3.38. The van der Waals surface area contributed by atoms with Gasteiger partial charge in [0, 0.05) is 42.2 Å². The van der Waals surface area contributed by atoms with E-state index in [-0.39, 0.29) is 55.1 Å². The molecular weight excluding hydrogens is 606 g/mol. The van der Waals surface area contributed by atoms with Gasteiger partial charge >= 0.3 is 6.01 Å². The van der Waals surface area contributed by atoms with Gasteiger partial charge in [0.2, 0.25) is 0 Å². The Kier molecular flexibility index (Phi) is 7.31. The van der Waals surface area contributed by atoms with Crippen LogP contribution >= 0.6 is 22.9 Å². The third-order valence-corrected chi connectivity index (χ3v) is 9.93. The zero-order valence-electron chi connectivity index (χ0n) is 23.0. The molecule has 0 bridgehead atoms. The number of rotatable bonds is 6. The minimum atomic E-state index is -1.79. The van der Waals surface area contributed by atoms with Gasteiger partial charge in [-0.15, -0.1) is 0 Å². The van der Waals surface area contributed by atoms with Crippen LogP contribution in [0.4, 0.5) is 28.5 Å². The predicted molar refractivity (Wildman–Crippen MR) is 160 cm³/mol. The SMILES string of the molecule is Nc1nc2c(-c3c(Cl)cc4c(N5CCNC(C=C(F)F)C5)nc(OCC56CCCN5CCC6)nc4c3F)ccc(F)c2s1. The summed E-state index contributed by atoms with van der Waals surface area (Å²) < 4.78 is 63.9. The molecule has 3 fully saturated rings. The Bertz CT molecular complexity index is 1750. The largest absolute Gasteiger partial charge is 0.461 e. The highest BCUT2D eigenvalue weighted by Gasteiger charge is 2.45. The van der Waals surface area contributed by atoms with Crippen LogP contribution in [0.3, 0.4) is 0 Å². The van der Waals surface area contributed by atoms with E-state index in [1.807, 2.05) is 0 Å². The van der Waals surface area contributed by atoms with Gasteiger partial charge in [0.25, 0.3) is 6.08 Å². The molecule has 1 unspecified atom stereocenters. The Morgan fingerprint density at radius 2 is 1.93 bits per heavy atom. The van der Waals surface area contributed by atoms with Crippen molar-refractivity contribution in [3.63, 3.8) is 0 Å². The Morgan fingerprint density at radius 3 is 2.70 bits per heavy atom. The molecule has 2 aromatic heterocycles. The maximum absolute atomic E-state index is 16.7. The van der Waals surface area contributed by atoms with Gasteiger partial charge in [0.15, 0.2) is 10.9 Å². The second kappa shape index (κ2) is 11.0. The quantitative estimate of drug-likeness (QED) is 0.251. The lowest BCUT2D eigenvalue weighted by atomic mass is 9.95. The highest BCUT2D eigenvalue weighted by Crippen LogP contribution is 2.43. The fourth-order valence-electron chi connectivity index (χ4n) is 6.80. The summed E-state index contributed by atoms with van der Waals surface area (Å²) >= 11 is 7.69. The Morgan fingerprint density at radius 1 is 1.14 bits per heavy atom. The Labute approximate surface area is 253 Å². The van der Waals surface area contributed by atoms with E-state index >= 15 is 4.39 Å². The zero-order chi connectivity index (χ0) is 29.9. The molecule has 0 spiro atoms. The summed E-state index contributed by atoms with van der Waals surface area (Å²) in [7, 11) is 0. The normalized spacial score (nSPS) is 20.2. The van der Waals surface area contributed by atoms with E-state index in [9.17, 15) is 13.2 Å². The molecule has 5 heterocycles. The molecule has 3 N–H and O–H groups in total. The standard InChI is InChI=1S/C29H28ClF4N7OS/c30-18-12-17-23(22(34)21(18)16-3-4-19(31)25-24(16)37-27(35)43-25)38-28(42-14-29-5-1-8-41(29)9-2-6-29)39-26(17)40-10-7-36-15(13-40)11-20(32)33/h3-4,11-12,15,36H,1-2,5-10,13-14H2,(H2,35,37). The number of halogens is 5. The summed E-state index contributed by atoms with van der Waals surface area (Å²) in [5.41, 5.74) is 6.19. The lowest BCUT2D eigenvalue weighted by Crippen LogP contribution is -2.50. The fourth-order valence-corrected chi connectivity index (χ4v) is 7.86. The van der Waals surface area contributed by atoms with Gasteiger partial charge in [0.05, 0.1) is 20.8 Å². The second-order valence-corrected chi connectivity index (χ2v) is 12.7. The number of nitrogens with two attached hydrogens (primary N) is 1. The lowest BCUT2D eigenvalue weighted by Gasteiger charge is -2.34. The first-order valence-corrected chi connectivity index (χ1v) is 15.4. The van der Waals surface area contributed by atoms with Crippen LogP contribution in [0, 0.1) is 11.6 Å². The van der Waals surface area contributed by atoms with Crippen molar-refractivity contribution in [2.24, 2.45) is 0 Å². The van der Waals surface area contributed by atoms with Gasteiger partial charge in [-0.05, 0) is 63.0 Å². The molecule has 3 aliphatic heterocycles. The van der Waals surface area contributed by atoms with Gasteiger partial charge in [-0.25, -0.2) is 13.8 Å². The summed E-state index contributed by atoms with van der Waals surface area (Å²) in [5, 5.41) is 3.53. The number of hydrogen-bond acceptors (Lipinski definition) is 9. The van der Waals surface area contributed by atoms with E-state index in [1.54, 1.807) is 11.0 Å². The fraction of sp³-hybridized carbons (Fsp3) is 0.414. The van der Waals surface area contributed by atoms with Crippen molar-refractivity contribution < 1.29 is 22.3 Å². The van der Waals surface area contributed by atoms with Crippen molar-refractivity contribution in [2.75, 3.05) is 50.0 Å². The van der Waals surface area contributed by atoms with Gasteiger partial charge in [-0.3, -0.25) is 4.90 Å². The first-order valence-electron chi connectivity index (χ1n) is 14.2. The van der Waals surface area contributed by atoms with Crippen molar-refractivity contribution in [3.8, 4) is 17.1 Å². The third kappa shape index (κ3) is 5.05. The molecule has 3 aliphatic rings. The molecule has 0 aliphatic carbocycles. The third-order valence-electron chi connectivity index (χ3n) is 8.74. The lowest BCUT2D eigenvalue weighted by molar-refractivity contribution is 0.108. The van der Waals surface area contributed by atoms with Crippen molar-refractivity contribution in [1.82, 2.24) is 25.2 Å². The second-order valence-electron chi connectivity index (χ2n) is 11.3. The van der Waals surface area contributed by atoms with Crippen LogP contribution in [0.1, 0.15) is 25.7 Å². The number of nitrogens with zero attached hydrogens (tertiary/aromatic N) is 5. The number of ether oxygens (including phenoxy) is 1. The van der Waals surface area contributed by atoms with Gasteiger partial charge in [0.1, 0.15) is 23.8 Å². The Hall–Kier alpha value is -3.26. The highest BCUT2D eigenvalue weighted by atomic mass is 35.5. The minimum Gasteiger partial charge on any atom is -0.461 e. The van der Waals surface area contributed by atoms with Crippen LogP contribution in [-0.2, 0) is 0 Å². The number of benzene rings is 2. The van der Waals surface area contributed by atoms with Crippen LogP contribution in [0.5, 0.6) is 6.01 Å². The van der Waals surface area contributed by atoms with E-state index in [1.165, 1.54) is 12.1 Å². The van der Waals surface area contributed by atoms with Crippen molar-refractivity contribution >= 4 is 55.0 Å². The number of nitrogens with one attached hydrogen (secondary N) is 1. The first kappa shape index (κ1) is 28.5. The highest BCUT2D eigenvalue weighted by molar-refractivity contribution is 7.22. The van der Waals surface area contributed by atoms with Crippen molar-refractivity contribution in [3.05, 3.63) is 47.0 Å². The van der Waals surface area contributed by atoms with Crippen molar-refractivity contribution in [1.29, 1.82) is 0 Å². The molecular formula is C29H28ClF4N7OS. The van der Waals surface area contributed by atoms with Crippen LogP contribution in [-0.4, -0.2) is 70.8 Å². The average Bonchev–Trinajstić information content (AvgIpc) is 3.67. The van der Waals surface area contributed by atoms with Gasteiger partial charge in [-0.2, -0.15) is 18.7 Å². The summed E-state index contributed by atoms with van der Waals surface area (Å²) in [4.78, 5) is 17.7. The Balaban J connectivity index is 1.37. The molecule has 0 radical (unpaired) electrons. The maximum Gasteiger partial charge on any atom is 0.319 e. The maximum atomic E-state index is 16.7. The van der Waals surface area contributed by atoms with E-state index < -0.39 is 23.8 Å². The topological polar surface area (TPSA) is 92.4 Å². The summed E-state index contributed by atoms with van der Waals surface area (Å²) in [6, 6.07) is 3.55. The first-order chi connectivity index (χ1) is 20.7. The molecule has 226 valence electrons. The number of hydrogen-bond donors (Lipinski definition) is 2. The molecule has 8 nitrogen and oxygen atoms in total. The van der Waals surface area contributed by atoms with E-state index in [0.29, 0.717) is 30.9 Å². The van der Waals surface area contributed by atoms with Gasteiger partial charge in [-0.1, -0.05) is 22.9 Å². The van der Waals surface area contributed by atoms with Crippen LogP contribution < -0.4 is 20.7 Å². The molecule has 2 aromatic carbocycles. The molecule has 3 saturated heterocycles. The molecule has 43 heavy (non-hydrogen) atoms. The van der Waals surface area contributed by atoms with E-state index in [0.717, 1.165) is 56.2 Å². The number of aromatic nitrogens is 3. The van der Waals surface area contributed by atoms with Crippen LogP contribution in [0.25, 0.3) is 32.2 Å². The number of thiazole rings is 1. The van der Waals surface area contributed by atoms with Crippen LogP contribution in [0.15, 0.2) is 30.4 Å². The average molecular weight is 634 g/mol. The number of nitrogen functional groups attached to an aromatic ring is 1. The molecule has 0 saturated carbocycles. The molecule has 7 rings (SSSR count). The monoisotopic (exact) mass is 633 g/mol. The van der Waals surface area contributed by atoms with Crippen LogP contribution in [0.2, 0.25) is 5.02 Å². The smallest absolute Gasteiger partial charge is 0.319 e. The van der Waals surface area contributed by atoms with Crippen molar-refractivity contribution in [2.45, 2.75) is 37.3 Å². The number of anilines is 2. The molecule has 14 heteroatoms. The molecule has 4 aromatic rings. The predicted octanol–water partition coefficient (Wildman–Crippen LogP) is 5.99. The summed E-state index contributed by atoms with van der Waals surface area (Å²) in [6.07, 6.45) is 3.22. The molecule has 0 amide bonds. The van der Waals surface area contributed by atoms with Gasteiger partial charge < -0.3 is 20.7 Å². The number of fused-ring (bicyclic) bond motifs is 3. The number of piperazine rings is 1. The minimum absolute atomic E-state index is 0.00274. The molecule has 1 atom stereocenters. The van der Waals surface area contributed by atoms with E-state index in [4.69, 9.17) is 27.1 Å².